The Bertz CT molecular complexity index is 730. The molecule has 1 atom stereocenters. The van der Waals surface area contributed by atoms with Crippen molar-refractivity contribution in [1.29, 1.82) is 0 Å². The minimum atomic E-state index is -1.00. The van der Waals surface area contributed by atoms with E-state index in [2.05, 4.69) is 0 Å². The highest BCUT2D eigenvalue weighted by Gasteiger charge is 2.21. The largest absolute Gasteiger partial charge is 0.496 e. The molecule has 2 aromatic carbocycles. The molecule has 2 aromatic rings. The Labute approximate surface area is 154 Å². The SMILES string of the molecule is COc1ccccc1C(C)CC(=O)N(CCc1ccccc1)CC(=O)O. The summed E-state index contributed by atoms with van der Waals surface area (Å²) in [5.74, 6) is -0.494. The standard InChI is InChI=1S/C21H25NO4/c1-16(18-10-6-7-11-19(18)26-2)14-20(23)22(15-21(24)25)13-12-17-8-4-3-5-9-17/h3-11,16H,12-15H2,1-2H3,(H,24,25). The van der Waals surface area contributed by atoms with E-state index >= 15 is 0 Å². The number of hydrogen-bond donors (Lipinski definition) is 1. The number of carbonyl (C=O) groups excluding carboxylic acids is 1. The predicted molar refractivity (Wildman–Crippen MR) is 100 cm³/mol. The lowest BCUT2D eigenvalue weighted by Crippen LogP contribution is -2.37. The molecule has 5 nitrogen and oxygen atoms in total. The minimum absolute atomic E-state index is 0.0633. The number of rotatable bonds is 9. The molecule has 1 N–H and O–H groups in total. The zero-order valence-corrected chi connectivity index (χ0v) is 15.2. The Balaban J connectivity index is 2.04. The molecule has 0 bridgehead atoms. The van der Waals surface area contributed by atoms with Crippen molar-refractivity contribution < 1.29 is 19.4 Å². The van der Waals surface area contributed by atoms with Gasteiger partial charge in [0.15, 0.2) is 0 Å². The van der Waals surface area contributed by atoms with Gasteiger partial charge >= 0.3 is 5.97 Å². The van der Waals surface area contributed by atoms with Crippen molar-refractivity contribution in [2.24, 2.45) is 0 Å². The van der Waals surface area contributed by atoms with Gasteiger partial charge in [0.1, 0.15) is 12.3 Å². The maximum atomic E-state index is 12.7. The van der Waals surface area contributed by atoms with Crippen LogP contribution in [0.3, 0.4) is 0 Å². The molecule has 0 aliphatic heterocycles. The van der Waals surface area contributed by atoms with E-state index in [1.165, 1.54) is 4.90 Å². The molecular formula is C21H25NO4. The van der Waals surface area contributed by atoms with Crippen LogP contribution in [0.25, 0.3) is 0 Å². The Morgan fingerprint density at radius 2 is 1.73 bits per heavy atom. The van der Waals surface area contributed by atoms with E-state index in [1.807, 2.05) is 61.5 Å². The van der Waals surface area contributed by atoms with Crippen LogP contribution < -0.4 is 4.74 Å². The van der Waals surface area contributed by atoms with Gasteiger partial charge in [-0.05, 0) is 29.5 Å². The number of benzene rings is 2. The third-order valence-electron chi connectivity index (χ3n) is 4.34. The second kappa shape index (κ2) is 9.61. The number of carbonyl (C=O) groups is 2. The lowest BCUT2D eigenvalue weighted by Gasteiger charge is -2.23. The number of carboxylic acid groups (broad SMARTS) is 1. The molecular weight excluding hydrogens is 330 g/mol. The number of ether oxygens (including phenoxy) is 1. The van der Waals surface area contributed by atoms with Gasteiger partial charge in [0, 0.05) is 13.0 Å². The molecule has 1 unspecified atom stereocenters. The van der Waals surface area contributed by atoms with Gasteiger partial charge < -0.3 is 14.7 Å². The van der Waals surface area contributed by atoms with Crippen LogP contribution in [0.1, 0.15) is 30.4 Å². The molecule has 0 heterocycles. The van der Waals surface area contributed by atoms with E-state index < -0.39 is 5.97 Å². The van der Waals surface area contributed by atoms with Gasteiger partial charge in [-0.3, -0.25) is 9.59 Å². The van der Waals surface area contributed by atoms with Gasteiger partial charge in [0.05, 0.1) is 7.11 Å². The number of aliphatic carboxylic acids is 1. The summed E-state index contributed by atoms with van der Waals surface area (Å²) in [4.78, 5) is 25.3. The molecule has 0 spiro atoms. The van der Waals surface area contributed by atoms with Crippen molar-refractivity contribution in [2.45, 2.75) is 25.7 Å². The number of nitrogens with zero attached hydrogens (tertiary/aromatic N) is 1. The van der Waals surface area contributed by atoms with E-state index in [9.17, 15) is 9.59 Å². The molecule has 0 aliphatic carbocycles. The smallest absolute Gasteiger partial charge is 0.323 e. The van der Waals surface area contributed by atoms with Crippen LogP contribution in [0, 0.1) is 0 Å². The number of hydrogen-bond acceptors (Lipinski definition) is 3. The molecule has 138 valence electrons. The first-order valence-corrected chi connectivity index (χ1v) is 8.67. The average Bonchev–Trinajstić information content (AvgIpc) is 2.65. The van der Waals surface area contributed by atoms with Gasteiger partial charge in [0.25, 0.3) is 0 Å². The molecule has 0 saturated carbocycles. The van der Waals surface area contributed by atoms with Crippen LogP contribution in [0.5, 0.6) is 5.75 Å². The summed E-state index contributed by atoms with van der Waals surface area (Å²) in [6.45, 7) is 2.05. The summed E-state index contributed by atoms with van der Waals surface area (Å²) in [6.07, 6.45) is 0.866. The maximum absolute atomic E-state index is 12.7. The van der Waals surface area contributed by atoms with Crippen LogP contribution in [-0.2, 0) is 16.0 Å². The summed E-state index contributed by atoms with van der Waals surface area (Å²) >= 11 is 0. The first kappa shape index (κ1) is 19.5. The van der Waals surface area contributed by atoms with Gasteiger partial charge in [-0.2, -0.15) is 0 Å². The van der Waals surface area contributed by atoms with Gasteiger partial charge in [-0.15, -0.1) is 0 Å². The highest BCUT2D eigenvalue weighted by Crippen LogP contribution is 2.28. The van der Waals surface area contributed by atoms with E-state index in [0.29, 0.717) is 13.0 Å². The monoisotopic (exact) mass is 355 g/mol. The van der Waals surface area contributed by atoms with Crippen LogP contribution in [0.4, 0.5) is 0 Å². The zero-order valence-electron chi connectivity index (χ0n) is 15.2. The van der Waals surface area contributed by atoms with E-state index in [1.54, 1.807) is 7.11 Å². The third kappa shape index (κ3) is 5.62. The number of methoxy groups -OCH3 is 1. The molecule has 5 heteroatoms. The van der Waals surface area contributed by atoms with E-state index in [-0.39, 0.29) is 24.8 Å². The van der Waals surface area contributed by atoms with Crippen molar-refractivity contribution in [3.05, 3.63) is 65.7 Å². The predicted octanol–water partition coefficient (Wildman–Crippen LogP) is 3.34. The molecule has 2 rings (SSSR count). The van der Waals surface area contributed by atoms with Crippen LogP contribution in [0.15, 0.2) is 54.6 Å². The van der Waals surface area contributed by atoms with Crippen LogP contribution in [-0.4, -0.2) is 42.1 Å². The Morgan fingerprint density at radius 1 is 1.08 bits per heavy atom. The third-order valence-corrected chi connectivity index (χ3v) is 4.34. The summed E-state index contributed by atoms with van der Waals surface area (Å²) in [5, 5.41) is 9.15. The van der Waals surface area contributed by atoms with Gasteiger partial charge in [-0.25, -0.2) is 0 Å². The maximum Gasteiger partial charge on any atom is 0.323 e. The fourth-order valence-electron chi connectivity index (χ4n) is 2.94. The fraction of sp³-hybridized carbons (Fsp3) is 0.333. The second-order valence-electron chi connectivity index (χ2n) is 6.29. The summed E-state index contributed by atoms with van der Waals surface area (Å²) < 4.78 is 5.36. The number of amides is 1. The van der Waals surface area contributed by atoms with E-state index in [4.69, 9.17) is 9.84 Å². The zero-order chi connectivity index (χ0) is 18.9. The Morgan fingerprint density at radius 3 is 2.38 bits per heavy atom. The summed E-state index contributed by atoms with van der Waals surface area (Å²) in [7, 11) is 1.60. The van der Waals surface area contributed by atoms with Crippen LogP contribution in [0.2, 0.25) is 0 Å². The molecule has 0 saturated heterocycles. The van der Waals surface area contributed by atoms with Crippen molar-refractivity contribution in [3.63, 3.8) is 0 Å². The molecule has 0 aromatic heterocycles. The second-order valence-corrected chi connectivity index (χ2v) is 6.29. The van der Waals surface area contributed by atoms with Crippen molar-refractivity contribution >= 4 is 11.9 Å². The molecule has 0 radical (unpaired) electrons. The van der Waals surface area contributed by atoms with Crippen molar-refractivity contribution in [2.75, 3.05) is 20.2 Å². The van der Waals surface area contributed by atoms with Gasteiger partial charge in [-0.1, -0.05) is 55.5 Å². The molecule has 26 heavy (non-hydrogen) atoms. The first-order valence-electron chi connectivity index (χ1n) is 8.67. The quantitative estimate of drug-likeness (QED) is 0.749. The normalized spacial score (nSPS) is 11.6. The molecule has 1 amide bonds. The molecule has 0 fully saturated rings. The van der Waals surface area contributed by atoms with E-state index in [0.717, 1.165) is 16.9 Å². The highest BCUT2D eigenvalue weighted by molar-refractivity contribution is 5.82. The molecule has 0 aliphatic rings. The van der Waals surface area contributed by atoms with Crippen molar-refractivity contribution in [1.82, 2.24) is 4.90 Å². The van der Waals surface area contributed by atoms with Crippen molar-refractivity contribution in [3.8, 4) is 5.75 Å². The number of carboxylic acids is 1. The summed E-state index contributed by atoms with van der Waals surface area (Å²) in [6, 6.07) is 17.3. The fourth-order valence-corrected chi connectivity index (χ4v) is 2.94. The number of para-hydroxylation sites is 1. The highest BCUT2D eigenvalue weighted by atomic mass is 16.5. The lowest BCUT2D eigenvalue weighted by atomic mass is 9.96. The first-order chi connectivity index (χ1) is 12.5. The Kier molecular flexibility index (Phi) is 7.21. The van der Waals surface area contributed by atoms with Gasteiger partial charge in [0.2, 0.25) is 5.91 Å². The average molecular weight is 355 g/mol. The topological polar surface area (TPSA) is 66.8 Å². The minimum Gasteiger partial charge on any atom is -0.496 e. The summed E-state index contributed by atoms with van der Waals surface area (Å²) in [5.41, 5.74) is 2.02. The van der Waals surface area contributed by atoms with Crippen LogP contribution >= 0.6 is 0 Å². The Hall–Kier alpha value is -2.82. The lowest BCUT2D eigenvalue weighted by molar-refractivity contribution is -0.144.